The molecule has 0 fully saturated rings. The average molecular weight is 311 g/mol. The van der Waals surface area contributed by atoms with Crippen LogP contribution in [0.3, 0.4) is 0 Å². The molecule has 0 aliphatic carbocycles. The maximum absolute atomic E-state index is 9.16. The molecular formula is C13H15BrN2O2. The van der Waals surface area contributed by atoms with Crippen LogP contribution < -0.4 is 4.74 Å². The maximum Gasteiger partial charge on any atom is 0.119 e. The minimum absolute atomic E-state index is 0.00158. The van der Waals surface area contributed by atoms with Crippen LogP contribution in [0.1, 0.15) is 11.4 Å². The SMILES string of the molecule is Cc1nccn1CCOc1ccc(Br)c(CO)c1. The highest BCUT2D eigenvalue weighted by Crippen LogP contribution is 2.22. The first kappa shape index (κ1) is 13.1. The van der Waals surface area contributed by atoms with E-state index in [1.165, 1.54) is 0 Å². The number of rotatable bonds is 5. The predicted octanol–water partition coefficient (Wildman–Crippen LogP) is 2.53. The maximum atomic E-state index is 9.16. The number of hydrogen-bond donors (Lipinski definition) is 1. The van der Waals surface area contributed by atoms with Crippen LogP contribution in [0, 0.1) is 6.92 Å². The van der Waals surface area contributed by atoms with E-state index in [0.29, 0.717) is 6.61 Å². The van der Waals surface area contributed by atoms with Gasteiger partial charge in [0.15, 0.2) is 0 Å². The second kappa shape index (κ2) is 6.02. The van der Waals surface area contributed by atoms with Crippen LogP contribution in [-0.4, -0.2) is 21.3 Å². The zero-order chi connectivity index (χ0) is 13.0. The first-order chi connectivity index (χ1) is 8.70. The van der Waals surface area contributed by atoms with E-state index in [1.54, 1.807) is 6.20 Å². The molecule has 0 bridgehead atoms. The number of hydrogen-bond acceptors (Lipinski definition) is 3. The van der Waals surface area contributed by atoms with Crippen molar-refractivity contribution < 1.29 is 9.84 Å². The largest absolute Gasteiger partial charge is 0.492 e. The Morgan fingerprint density at radius 3 is 2.94 bits per heavy atom. The summed E-state index contributed by atoms with van der Waals surface area (Å²) in [5.41, 5.74) is 0.825. The Morgan fingerprint density at radius 2 is 2.28 bits per heavy atom. The second-order valence-electron chi connectivity index (χ2n) is 3.93. The molecule has 1 heterocycles. The highest BCUT2D eigenvalue weighted by molar-refractivity contribution is 9.10. The lowest BCUT2D eigenvalue weighted by atomic mass is 10.2. The van der Waals surface area contributed by atoms with Crippen LogP contribution in [0.2, 0.25) is 0 Å². The van der Waals surface area contributed by atoms with E-state index in [2.05, 4.69) is 20.9 Å². The lowest BCUT2D eigenvalue weighted by Gasteiger charge is -2.09. The van der Waals surface area contributed by atoms with Crippen molar-refractivity contribution in [1.29, 1.82) is 0 Å². The molecule has 0 aliphatic rings. The van der Waals surface area contributed by atoms with Gasteiger partial charge in [0.1, 0.15) is 18.2 Å². The predicted molar refractivity (Wildman–Crippen MR) is 72.5 cm³/mol. The van der Waals surface area contributed by atoms with E-state index in [1.807, 2.05) is 35.9 Å². The van der Waals surface area contributed by atoms with Crippen molar-refractivity contribution in [3.8, 4) is 5.75 Å². The van der Waals surface area contributed by atoms with Crippen LogP contribution in [0.4, 0.5) is 0 Å². The molecule has 0 saturated heterocycles. The molecule has 0 saturated carbocycles. The molecule has 1 aromatic carbocycles. The van der Waals surface area contributed by atoms with Gasteiger partial charge in [0.2, 0.25) is 0 Å². The number of nitrogens with zero attached hydrogens (tertiary/aromatic N) is 2. The summed E-state index contributed by atoms with van der Waals surface area (Å²) >= 11 is 3.37. The normalized spacial score (nSPS) is 10.6. The van der Waals surface area contributed by atoms with Gasteiger partial charge in [-0.15, -0.1) is 0 Å². The topological polar surface area (TPSA) is 47.3 Å². The summed E-state index contributed by atoms with van der Waals surface area (Å²) in [6, 6.07) is 5.60. The van der Waals surface area contributed by atoms with Crippen LogP contribution >= 0.6 is 15.9 Å². The third-order valence-electron chi connectivity index (χ3n) is 2.71. The number of benzene rings is 1. The van der Waals surface area contributed by atoms with Crippen LogP contribution in [-0.2, 0) is 13.2 Å². The van der Waals surface area contributed by atoms with Gasteiger partial charge in [-0.25, -0.2) is 4.98 Å². The number of aromatic nitrogens is 2. The molecule has 1 N–H and O–H groups in total. The zero-order valence-electron chi connectivity index (χ0n) is 10.1. The minimum atomic E-state index is -0.00158. The quantitative estimate of drug-likeness (QED) is 0.923. The van der Waals surface area contributed by atoms with Gasteiger partial charge in [-0.1, -0.05) is 15.9 Å². The molecule has 96 valence electrons. The molecule has 0 radical (unpaired) electrons. The van der Waals surface area contributed by atoms with Gasteiger partial charge in [-0.2, -0.15) is 0 Å². The van der Waals surface area contributed by atoms with Crippen molar-refractivity contribution in [2.24, 2.45) is 0 Å². The Kier molecular flexibility index (Phi) is 4.38. The van der Waals surface area contributed by atoms with Gasteiger partial charge in [0.25, 0.3) is 0 Å². The van der Waals surface area contributed by atoms with E-state index >= 15 is 0 Å². The fourth-order valence-corrected chi connectivity index (χ4v) is 2.04. The molecule has 5 heteroatoms. The summed E-state index contributed by atoms with van der Waals surface area (Å²) in [6.07, 6.45) is 3.71. The van der Waals surface area contributed by atoms with Gasteiger partial charge in [0, 0.05) is 16.9 Å². The van der Waals surface area contributed by atoms with E-state index in [-0.39, 0.29) is 6.61 Å². The third-order valence-corrected chi connectivity index (χ3v) is 3.49. The van der Waals surface area contributed by atoms with Crippen LogP contribution in [0.15, 0.2) is 35.1 Å². The van der Waals surface area contributed by atoms with Crippen LogP contribution in [0.5, 0.6) is 5.75 Å². The van der Waals surface area contributed by atoms with Crippen molar-refractivity contribution >= 4 is 15.9 Å². The van der Waals surface area contributed by atoms with Crippen molar-refractivity contribution in [3.63, 3.8) is 0 Å². The lowest BCUT2D eigenvalue weighted by molar-refractivity contribution is 0.276. The molecule has 2 rings (SSSR count). The molecule has 18 heavy (non-hydrogen) atoms. The highest BCUT2D eigenvalue weighted by Gasteiger charge is 2.02. The molecule has 0 atom stereocenters. The highest BCUT2D eigenvalue weighted by atomic mass is 79.9. The Bertz CT molecular complexity index is 525. The Balaban J connectivity index is 1.92. The third kappa shape index (κ3) is 3.11. The average Bonchev–Trinajstić information content (AvgIpc) is 2.77. The summed E-state index contributed by atoms with van der Waals surface area (Å²) in [7, 11) is 0. The first-order valence-electron chi connectivity index (χ1n) is 5.70. The van der Waals surface area contributed by atoms with E-state index in [9.17, 15) is 0 Å². The van der Waals surface area contributed by atoms with Crippen molar-refractivity contribution in [3.05, 3.63) is 46.5 Å². The minimum Gasteiger partial charge on any atom is -0.492 e. The van der Waals surface area contributed by atoms with E-state index < -0.39 is 0 Å². The molecule has 4 nitrogen and oxygen atoms in total. The van der Waals surface area contributed by atoms with E-state index in [4.69, 9.17) is 9.84 Å². The Hall–Kier alpha value is -1.33. The fraction of sp³-hybridized carbons (Fsp3) is 0.308. The summed E-state index contributed by atoms with van der Waals surface area (Å²) in [5, 5.41) is 9.16. The van der Waals surface area contributed by atoms with Gasteiger partial charge in [0.05, 0.1) is 13.2 Å². The summed E-state index contributed by atoms with van der Waals surface area (Å²) in [4.78, 5) is 4.15. The van der Waals surface area contributed by atoms with Gasteiger partial charge in [-0.05, 0) is 30.7 Å². The molecule has 0 unspecified atom stereocenters. The van der Waals surface area contributed by atoms with E-state index in [0.717, 1.165) is 28.2 Å². The molecule has 0 aliphatic heterocycles. The summed E-state index contributed by atoms with van der Waals surface area (Å²) < 4.78 is 8.58. The Labute approximate surface area is 114 Å². The number of aliphatic hydroxyl groups is 1. The van der Waals surface area contributed by atoms with Gasteiger partial charge < -0.3 is 14.4 Å². The number of ether oxygens (including phenoxy) is 1. The summed E-state index contributed by atoms with van der Waals surface area (Å²) in [6.45, 7) is 3.29. The standard InChI is InChI=1S/C13H15BrN2O2/c1-10-15-4-5-16(10)6-7-18-12-2-3-13(14)11(8-12)9-17/h2-5,8,17H,6-7,9H2,1H3. The molecule has 1 aromatic heterocycles. The number of imidazole rings is 1. The molecular weight excluding hydrogens is 296 g/mol. The number of halogens is 1. The number of aliphatic hydroxyl groups excluding tert-OH is 1. The lowest BCUT2D eigenvalue weighted by Crippen LogP contribution is -2.08. The van der Waals surface area contributed by atoms with Gasteiger partial charge >= 0.3 is 0 Å². The number of aryl methyl sites for hydroxylation is 1. The smallest absolute Gasteiger partial charge is 0.119 e. The zero-order valence-corrected chi connectivity index (χ0v) is 11.7. The molecule has 2 aromatic rings. The second-order valence-corrected chi connectivity index (χ2v) is 4.78. The van der Waals surface area contributed by atoms with Crippen LogP contribution in [0.25, 0.3) is 0 Å². The monoisotopic (exact) mass is 310 g/mol. The van der Waals surface area contributed by atoms with Crippen molar-refractivity contribution in [2.45, 2.75) is 20.1 Å². The van der Waals surface area contributed by atoms with Crippen molar-refractivity contribution in [1.82, 2.24) is 9.55 Å². The summed E-state index contributed by atoms with van der Waals surface area (Å²) in [5.74, 6) is 1.74. The molecule has 0 spiro atoms. The molecule has 0 amide bonds. The first-order valence-corrected chi connectivity index (χ1v) is 6.50. The Morgan fingerprint density at radius 1 is 1.44 bits per heavy atom. The van der Waals surface area contributed by atoms with Gasteiger partial charge in [-0.3, -0.25) is 0 Å². The van der Waals surface area contributed by atoms with Crippen molar-refractivity contribution in [2.75, 3.05) is 6.61 Å². The fourth-order valence-electron chi connectivity index (χ4n) is 1.66.